The molecule has 7 heteroatoms. The summed E-state index contributed by atoms with van der Waals surface area (Å²) in [6, 6.07) is 7.94. The van der Waals surface area contributed by atoms with E-state index in [9.17, 15) is 14.4 Å². The number of hydrogen-bond donors (Lipinski definition) is 3. The lowest BCUT2D eigenvalue weighted by Crippen LogP contribution is -2.53. The van der Waals surface area contributed by atoms with E-state index in [-0.39, 0.29) is 12.3 Å². The van der Waals surface area contributed by atoms with Gasteiger partial charge in [-0.15, -0.1) is 0 Å². The molecule has 1 atom stereocenters. The normalized spacial score (nSPS) is 17.9. The van der Waals surface area contributed by atoms with Crippen molar-refractivity contribution in [2.45, 2.75) is 18.9 Å². The van der Waals surface area contributed by atoms with Gasteiger partial charge in [0.25, 0.3) is 0 Å². The molecule has 7 nitrogen and oxygen atoms in total. The number of anilines is 1. The van der Waals surface area contributed by atoms with E-state index < -0.39 is 18.0 Å². The summed E-state index contributed by atoms with van der Waals surface area (Å²) in [5, 5.41) is 8.35. The predicted octanol–water partition coefficient (Wildman–Crippen LogP) is 1.16. The number of aromatic nitrogens is 1. The maximum Gasteiger partial charge on any atom is 0.319 e. The molecule has 0 saturated carbocycles. The van der Waals surface area contributed by atoms with Crippen LogP contribution < -0.4 is 16.0 Å². The third kappa shape index (κ3) is 2.88. The highest BCUT2D eigenvalue weighted by Crippen LogP contribution is 2.20. The summed E-state index contributed by atoms with van der Waals surface area (Å²) < 4.78 is 0. The number of para-hydroxylation sites is 1. The van der Waals surface area contributed by atoms with Gasteiger partial charge in [0.1, 0.15) is 6.04 Å². The van der Waals surface area contributed by atoms with Gasteiger partial charge >= 0.3 is 6.03 Å². The lowest BCUT2D eigenvalue weighted by Gasteiger charge is -2.22. The van der Waals surface area contributed by atoms with Crippen molar-refractivity contribution in [3.63, 3.8) is 0 Å². The molecule has 1 fully saturated rings. The molecule has 1 aliphatic rings. The largest absolute Gasteiger partial charge is 0.326 e. The first-order valence-corrected chi connectivity index (χ1v) is 6.88. The van der Waals surface area contributed by atoms with Gasteiger partial charge in [0.05, 0.1) is 11.2 Å². The molecule has 3 rings (SSSR count). The summed E-state index contributed by atoms with van der Waals surface area (Å²) in [5.41, 5.74) is 1.23. The van der Waals surface area contributed by atoms with Gasteiger partial charge in [-0.3, -0.25) is 19.9 Å². The van der Waals surface area contributed by atoms with Crippen molar-refractivity contribution >= 4 is 34.4 Å². The number of carbonyl (C=O) groups is 3. The second-order valence-electron chi connectivity index (χ2n) is 4.98. The average Bonchev–Trinajstić information content (AvgIpc) is 2.50. The van der Waals surface area contributed by atoms with E-state index in [2.05, 4.69) is 20.9 Å². The molecule has 1 saturated heterocycles. The minimum Gasteiger partial charge on any atom is -0.326 e. The van der Waals surface area contributed by atoms with Crippen LogP contribution in [0.2, 0.25) is 0 Å². The average molecular weight is 298 g/mol. The van der Waals surface area contributed by atoms with E-state index in [0.29, 0.717) is 17.6 Å². The lowest BCUT2D eigenvalue weighted by molar-refractivity contribution is -0.134. The first-order chi connectivity index (χ1) is 10.6. The predicted molar refractivity (Wildman–Crippen MR) is 80.1 cm³/mol. The molecule has 1 aromatic heterocycles. The molecular formula is C15H14N4O3. The summed E-state index contributed by atoms with van der Waals surface area (Å²) in [7, 11) is 0. The van der Waals surface area contributed by atoms with Crippen molar-refractivity contribution in [3.8, 4) is 0 Å². The van der Waals surface area contributed by atoms with Crippen molar-refractivity contribution in [1.29, 1.82) is 0 Å². The van der Waals surface area contributed by atoms with Crippen LogP contribution in [0.15, 0.2) is 36.5 Å². The molecule has 0 unspecified atom stereocenters. The second-order valence-corrected chi connectivity index (χ2v) is 4.98. The number of fused-ring (bicyclic) bond motifs is 1. The number of benzene rings is 1. The van der Waals surface area contributed by atoms with Crippen molar-refractivity contribution in [3.05, 3.63) is 36.5 Å². The summed E-state index contributed by atoms with van der Waals surface area (Å²) in [6.45, 7) is 0. The fourth-order valence-electron chi connectivity index (χ4n) is 2.35. The highest BCUT2D eigenvalue weighted by atomic mass is 16.2. The van der Waals surface area contributed by atoms with Gasteiger partial charge in [-0.25, -0.2) is 4.79 Å². The van der Waals surface area contributed by atoms with Gasteiger partial charge < -0.3 is 10.6 Å². The number of nitrogens with one attached hydrogen (secondary N) is 3. The van der Waals surface area contributed by atoms with Gasteiger partial charge in [-0.2, -0.15) is 0 Å². The first kappa shape index (κ1) is 14.0. The minimum atomic E-state index is -0.708. The third-order valence-electron chi connectivity index (χ3n) is 3.43. The van der Waals surface area contributed by atoms with Crippen LogP contribution in [0, 0.1) is 0 Å². The Hall–Kier alpha value is -2.96. The summed E-state index contributed by atoms with van der Waals surface area (Å²) in [5.74, 6) is -0.802. The Bertz CT molecular complexity index is 754. The zero-order valence-electron chi connectivity index (χ0n) is 11.6. The molecule has 3 N–H and O–H groups in total. The van der Waals surface area contributed by atoms with Crippen LogP contribution in [0.3, 0.4) is 0 Å². The van der Waals surface area contributed by atoms with Gasteiger partial charge in [0.2, 0.25) is 11.8 Å². The Morgan fingerprint density at radius 1 is 1.23 bits per heavy atom. The zero-order valence-corrected chi connectivity index (χ0v) is 11.6. The summed E-state index contributed by atoms with van der Waals surface area (Å²) in [6.07, 6.45) is 2.16. The molecule has 2 heterocycles. The van der Waals surface area contributed by atoms with E-state index in [4.69, 9.17) is 0 Å². The molecule has 0 bridgehead atoms. The maximum absolute atomic E-state index is 12.0. The Labute approximate surface area is 126 Å². The van der Waals surface area contributed by atoms with Gasteiger partial charge in [0.15, 0.2) is 0 Å². The van der Waals surface area contributed by atoms with Crippen LogP contribution >= 0.6 is 0 Å². The number of rotatable bonds is 2. The van der Waals surface area contributed by atoms with Crippen LogP contribution in [-0.2, 0) is 9.59 Å². The number of pyridine rings is 1. The van der Waals surface area contributed by atoms with Crippen molar-refractivity contribution in [1.82, 2.24) is 15.6 Å². The first-order valence-electron chi connectivity index (χ1n) is 6.88. The highest BCUT2D eigenvalue weighted by Gasteiger charge is 2.27. The molecule has 1 aromatic carbocycles. The van der Waals surface area contributed by atoms with Crippen molar-refractivity contribution in [2.24, 2.45) is 0 Å². The Morgan fingerprint density at radius 3 is 2.86 bits per heavy atom. The number of hydrogen-bond acceptors (Lipinski definition) is 4. The topological polar surface area (TPSA) is 100 Å². The monoisotopic (exact) mass is 298 g/mol. The molecule has 112 valence electrons. The Morgan fingerprint density at radius 2 is 2.05 bits per heavy atom. The van der Waals surface area contributed by atoms with Crippen LogP contribution in [0.25, 0.3) is 10.9 Å². The fourth-order valence-corrected chi connectivity index (χ4v) is 2.35. The Kier molecular flexibility index (Phi) is 3.69. The van der Waals surface area contributed by atoms with Crippen LogP contribution in [0.5, 0.6) is 0 Å². The van der Waals surface area contributed by atoms with Gasteiger partial charge in [-0.05, 0) is 18.6 Å². The smallest absolute Gasteiger partial charge is 0.319 e. The van der Waals surface area contributed by atoms with Crippen LogP contribution in [0.1, 0.15) is 12.8 Å². The van der Waals surface area contributed by atoms with E-state index in [1.165, 1.54) is 0 Å². The molecule has 0 radical (unpaired) electrons. The maximum atomic E-state index is 12.0. The summed E-state index contributed by atoms with van der Waals surface area (Å²) >= 11 is 0. The number of nitrogens with zero attached hydrogens (tertiary/aromatic N) is 1. The van der Waals surface area contributed by atoms with E-state index >= 15 is 0 Å². The number of imide groups is 1. The molecule has 2 aromatic rings. The molecular weight excluding hydrogens is 284 g/mol. The standard InChI is InChI=1S/C15H14N4O3/c20-12-7-6-11(14(21)19-12)18-15(22)17-10-5-1-3-9-4-2-8-16-13(9)10/h1-5,8,11H,6-7H2,(H2,17,18,22)(H,19,20,21)/t11-/m1/s1. The van der Waals surface area contributed by atoms with Gasteiger partial charge in [-0.1, -0.05) is 18.2 Å². The van der Waals surface area contributed by atoms with Gasteiger partial charge in [0, 0.05) is 18.0 Å². The van der Waals surface area contributed by atoms with E-state index in [1.54, 1.807) is 12.3 Å². The summed E-state index contributed by atoms with van der Waals surface area (Å²) in [4.78, 5) is 39.0. The number of piperidine rings is 1. The molecule has 22 heavy (non-hydrogen) atoms. The third-order valence-corrected chi connectivity index (χ3v) is 3.43. The van der Waals surface area contributed by atoms with Crippen LogP contribution in [-0.4, -0.2) is 28.9 Å². The van der Waals surface area contributed by atoms with E-state index in [1.807, 2.05) is 24.3 Å². The fraction of sp³-hybridized carbons (Fsp3) is 0.200. The number of carbonyl (C=O) groups excluding carboxylic acids is 3. The quantitative estimate of drug-likeness (QED) is 0.724. The van der Waals surface area contributed by atoms with Crippen molar-refractivity contribution < 1.29 is 14.4 Å². The van der Waals surface area contributed by atoms with E-state index in [0.717, 1.165) is 5.39 Å². The molecule has 0 aliphatic carbocycles. The molecule has 4 amide bonds. The minimum absolute atomic E-state index is 0.215. The van der Waals surface area contributed by atoms with Crippen molar-refractivity contribution in [2.75, 3.05) is 5.32 Å². The zero-order chi connectivity index (χ0) is 15.5. The highest BCUT2D eigenvalue weighted by molar-refractivity contribution is 6.04. The lowest BCUT2D eigenvalue weighted by atomic mass is 10.1. The molecule has 1 aliphatic heterocycles. The van der Waals surface area contributed by atoms with Crippen LogP contribution in [0.4, 0.5) is 10.5 Å². The molecule has 0 spiro atoms. The SMILES string of the molecule is O=C1CC[C@@H](NC(=O)Nc2cccc3cccnc23)C(=O)N1. The Balaban J connectivity index is 1.71. The number of amides is 4. The second kappa shape index (κ2) is 5.80. The number of urea groups is 1.